The zero-order chi connectivity index (χ0) is 17.2. The van der Waals surface area contributed by atoms with Gasteiger partial charge in [0, 0.05) is 12.0 Å². The molecule has 1 aromatic carbocycles. The number of benzene rings is 1. The first-order chi connectivity index (χ1) is 11.4. The lowest BCUT2D eigenvalue weighted by Gasteiger charge is -2.18. The van der Waals surface area contributed by atoms with Gasteiger partial charge >= 0.3 is 0 Å². The summed E-state index contributed by atoms with van der Waals surface area (Å²) in [5.41, 5.74) is 3.96. The molecule has 0 aromatic heterocycles. The molecule has 0 spiro atoms. The topological polar surface area (TPSA) is 94.1 Å². The summed E-state index contributed by atoms with van der Waals surface area (Å²) in [5.74, 6) is 1.24. The van der Waals surface area contributed by atoms with Crippen LogP contribution >= 0.6 is 0 Å². The van der Waals surface area contributed by atoms with Gasteiger partial charge in [0.05, 0.1) is 17.2 Å². The summed E-state index contributed by atoms with van der Waals surface area (Å²) in [6, 6.07) is 5.49. The number of fused-ring (bicyclic) bond motifs is 1. The Morgan fingerprint density at radius 1 is 1.29 bits per heavy atom. The molecule has 0 aliphatic carbocycles. The largest absolute Gasteiger partial charge is 0.486 e. The molecule has 0 bridgehead atoms. The quantitative estimate of drug-likeness (QED) is 0.647. The van der Waals surface area contributed by atoms with Gasteiger partial charge < -0.3 is 9.47 Å². The Hall–Kier alpha value is -2.09. The highest BCUT2D eigenvalue weighted by Gasteiger charge is 2.29. The SMILES string of the molecule is C/C(=N/NC(=O)C[C@H]1CCS(=O)(=O)C1)c1ccc2c(c1)OCCO2. The average Bonchev–Trinajstić information content (AvgIpc) is 2.90. The van der Waals surface area contributed by atoms with E-state index in [1.165, 1.54) is 0 Å². The number of carbonyl (C=O) groups is 1. The van der Waals surface area contributed by atoms with E-state index in [1.807, 2.05) is 18.2 Å². The van der Waals surface area contributed by atoms with Crippen LogP contribution in [0.2, 0.25) is 0 Å². The van der Waals surface area contributed by atoms with Crippen molar-refractivity contribution in [2.45, 2.75) is 19.8 Å². The summed E-state index contributed by atoms with van der Waals surface area (Å²) in [5, 5.41) is 4.09. The number of amides is 1. The van der Waals surface area contributed by atoms with Crippen molar-refractivity contribution < 1.29 is 22.7 Å². The number of hydrogen-bond donors (Lipinski definition) is 1. The average molecular weight is 352 g/mol. The summed E-state index contributed by atoms with van der Waals surface area (Å²) in [7, 11) is -2.97. The normalized spacial score (nSPS) is 22.2. The number of rotatable bonds is 4. The van der Waals surface area contributed by atoms with Crippen molar-refractivity contribution in [1.29, 1.82) is 0 Å². The molecule has 3 rings (SSSR count). The highest BCUT2D eigenvalue weighted by Crippen LogP contribution is 2.30. The number of nitrogens with one attached hydrogen (secondary N) is 1. The first-order valence-electron chi connectivity index (χ1n) is 7.86. The number of nitrogens with zero attached hydrogens (tertiary/aromatic N) is 1. The molecule has 1 amide bonds. The van der Waals surface area contributed by atoms with Gasteiger partial charge in [-0.2, -0.15) is 5.10 Å². The maximum atomic E-state index is 11.9. The summed E-state index contributed by atoms with van der Waals surface area (Å²) in [6.07, 6.45) is 0.720. The van der Waals surface area contributed by atoms with Crippen molar-refractivity contribution in [2.24, 2.45) is 11.0 Å². The molecule has 2 aliphatic heterocycles. The lowest BCUT2D eigenvalue weighted by molar-refractivity contribution is -0.121. The standard InChI is InChI=1S/C16H20N2O5S/c1-11(13-2-3-14-15(9-13)23-6-5-22-14)17-18-16(19)8-12-4-7-24(20,21)10-12/h2-3,9,12H,4-8,10H2,1H3,(H,18,19)/b17-11-/t12-/m1/s1. The highest BCUT2D eigenvalue weighted by molar-refractivity contribution is 7.91. The van der Waals surface area contributed by atoms with E-state index in [-0.39, 0.29) is 29.8 Å². The predicted molar refractivity (Wildman–Crippen MR) is 89.2 cm³/mol. The molecule has 1 saturated heterocycles. The smallest absolute Gasteiger partial charge is 0.240 e. The van der Waals surface area contributed by atoms with Gasteiger partial charge in [-0.25, -0.2) is 13.8 Å². The molecular formula is C16H20N2O5S. The van der Waals surface area contributed by atoms with Crippen molar-refractivity contribution in [2.75, 3.05) is 24.7 Å². The second kappa shape index (κ2) is 6.80. The fraction of sp³-hybridized carbons (Fsp3) is 0.500. The summed E-state index contributed by atoms with van der Waals surface area (Å²) >= 11 is 0. The van der Waals surface area contributed by atoms with Crippen LogP contribution in [0.3, 0.4) is 0 Å². The maximum Gasteiger partial charge on any atom is 0.240 e. The number of hydrazone groups is 1. The van der Waals surface area contributed by atoms with Crippen LogP contribution in [-0.4, -0.2) is 44.8 Å². The lowest BCUT2D eigenvalue weighted by Crippen LogP contribution is -2.22. The Morgan fingerprint density at radius 2 is 2.04 bits per heavy atom. The molecule has 2 heterocycles. The predicted octanol–water partition coefficient (Wildman–Crippen LogP) is 1.12. The summed E-state index contributed by atoms with van der Waals surface area (Å²) in [6.45, 7) is 2.83. The minimum atomic E-state index is -2.97. The van der Waals surface area contributed by atoms with Crippen molar-refractivity contribution in [3.8, 4) is 11.5 Å². The van der Waals surface area contributed by atoms with E-state index in [4.69, 9.17) is 9.47 Å². The van der Waals surface area contributed by atoms with Crippen LogP contribution in [0.25, 0.3) is 0 Å². The highest BCUT2D eigenvalue weighted by atomic mass is 32.2. The minimum absolute atomic E-state index is 0.0886. The van der Waals surface area contributed by atoms with Crippen molar-refractivity contribution in [3.63, 3.8) is 0 Å². The second-order valence-electron chi connectivity index (χ2n) is 6.06. The fourth-order valence-electron chi connectivity index (χ4n) is 2.82. The van der Waals surface area contributed by atoms with Crippen LogP contribution in [0.5, 0.6) is 11.5 Å². The second-order valence-corrected chi connectivity index (χ2v) is 8.29. The first kappa shape index (κ1) is 16.8. The number of carbonyl (C=O) groups excluding carboxylic acids is 1. The third-order valence-corrected chi connectivity index (χ3v) is 5.95. The maximum absolute atomic E-state index is 11.9. The fourth-order valence-corrected chi connectivity index (χ4v) is 4.68. The third-order valence-electron chi connectivity index (χ3n) is 4.11. The van der Waals surface area contributed by atoms with Crippen LogP contribution in [-0.2, 0) is 14.6 Å². The molecule has 1 atom stereocenters. The Labute approximate surface area is 140 Å². The van der Waals surface area contributed by atoms with Crippen LogP contribution in [0.1, 0.15) is 25.3 Å². The Bertz CT molecular complexity index is 773. The van der Waals surface area contributed by atoms with Gasteiger partial charge in [0.2, 0.25) is 5.91 Å². The molecular weight excluding hydrogens is 332 g/mol. The van der Waals surface area contributed by atoms with E-state index in [2.05, 4.69) is 10.5 Å². The zero-order valence-corrected chi connectivity index (χ0v) is 14.3. The van der Waals surface area contributed by atoms with E-state index in [0.717, 1.165) is 5.56 Å². The van der Waals surface area contributed by atoms with E-state index >= 15 is 0 Å². The van der Waals surface area contributed by atoms with Gasteiger partial charge in [-0.1, -0.05) is 0 Å². The zero-order valence-electron chi connectivity index (χ0n) is 13.4. The van der Waals surface area contributed by atoms with Gasteiger partial charge in [-0.15, -0.1) is 0 Å². The van der Waals surface area contributed by atoms with Crippen molar-refractivity contribution in [3.05, 3.63) is 23.8 Å². The number of sulfone groups is 1. The molecule has 7 nitrogen and oxygen atoms in total. The molecule has 0 unspecified atom stereocenters. The molecule has 24 heavy (non-hydrogen) atoms. The van der Waals surface area contributed by atoms with Crippen molar-refractivity contribution in [1.82, 2.24) is 5.43 Å². The molecule has 1 fully saturated rings. The Balaban J connectivity index is 1.59. The Kier molecular flexibility index (Phi) is 4.75. The summed E-state index contributed by atoms with van der Waals surface area (Å²) in [4.78, 5) is 11.9. The van der Waals surface area contributed by atoms with Gasteiger partial charge in [0.15, 0.2) is 21.3 Å². The monoisotopic (exact) mass is 352 g/mol. The molecule has 8 heteroatoms. The van der Waals surface area contributed by atoms with Crippen LogP contribution in [0.15, 0.2) is 23.3 Å². The minimum Gasteiger partial charge on any atom is -0.486 e. The molecule has 2 aliphatic rings. The van der Waals surface area contributed by atoms with Gasteiger partial charge in [0.25, 0.3) is 0 Å². The van der Waals surface area contributed by atoms with Crippen LogP contribution in [0, 0.1) is 5.92 Å². The third kappa shape index (κ3) is 4.05. The van der Waals surface area contributed by atoms with E-state index in [0.29, 0.717) is 36.8 Å². The van der Waals surface area contributed by atoms with Gasteiger partial charge in [-0.05, 0) is 37.5 Å². The van der Waals surface area contributed by atoms with E-state index < -0.39 is 9.84 Å². The van der Waals surface area contributed by atoms with Crippen LogP contribution in [0.4, 0.5) is 0 Å². The van der Waals surface area contributed by atoms with Crippen LogP contribution < -0.4 is 14.9 Å². The van der Waals surface area contributed by atoms with E-state index in [9.17, 15) is 13.2 Å². The van der Waals surface area contributed by atoms with Crippen molar-refractivity contribution >= 4 is 21.5 Å². The van der Waals surface area contributed by atoms with Gasteiger partial charge in [0.1, 0.15) is 13.2 Å². The van der Waals surface area contributed by atoms with Gasteiger partial charge in [-0.3, -0.25) is 4.79 Å². The number of hydrogen-bond acceptors (Lipinski definition) is 6. The molecule has 1 N–H and O–H groups in total. The van der Waals surface area contributed by atoms with E-state index in [1.54, 1.807) is 6.92 Å². The molecule has 0 radical (unpaired) electrons. The number of ether oxygens (including phenoxy) is 2. The first-order valence-corrected chi connectivity index (χ1v) is 9.69. The molecule has 0 saturated carbocycles. The molecule has 130 valence electrons. The Morgan fingerprint density at radius 3 is 2.75 bits per heavy atom. The molecule has 1 aromatic rings. The summed E-state index contributed by atoms with van der Waals surface area (Å²) < 4.78 is 33.8. The lowest BCUT2D eigenvalue weighted by atomic mass is 10.1.